The van der Waals surface area contributed by atoms with Crippen molar-refractivity contribution in [1.82, 2.24) is 19.9 Å². The van der Waals surface area contributed by atoms with Crippen molar-refractivity contribution in [3.8, 4) is 11.5 Å². The number of ketones is 1. The average molecular weight is 1140 g/mol. The third kappa shape index (κ3) is 14.3. The van der Waals surface area contributed by atoms with Crippen molar-refractivity contribution < 1.29 is 61.5 Å². The number of anilines is 6. The predicted molar refractivity (Wildman–Crippen MR) is 302 cm³/mol. The molecule has 4 saturated heterocycles. The lowest BCUT2D eigenvalue weighted by molar-refractivity contribution is -0.141. The summed E-state index contributed by atoms with van der Waals surface area (Å²) in [5.41, 5.74) is 8.54. The summed E-state index contributed by atoms with van der Waals surface area (Å²) < 4.78 is 60.2. The van der Waals surface area contributed by atoms with E-state index in [0.29, 0.717) is 87.3 Å². The number of ether oxygens (including phenoxy) is 6. The van der Waals surface area contributed by atoms with Gasteiger partial charge in [-0.15, -0.1) is 0 Å². The summed E-state index contributed by atoms with van der Waals surface area (Å²) in [6.07, 6.45) is 4.86. The van der Waals surface area contributed by atoms with Crippen molar-refractivity contribution >= 4 is 58.5 Å². The number of carboxylic acids is 1. The van der Waals surface area contributed by atoms with Crippen LogP contribution in [0, 0.1) is 11.6 Å². The van der Waals surface area contributed by atoms with Gasteiger partial charge in [0.25, 0.3) is 0 Å². The number of carbonyl (C=O) groups is 4. The Bertz CT molecular complexity index is 3360. The first-order valence-electron chi connectivity index (χ1n) is 27.3. The SMILES string of the molecule is CC1(C)OC[C@H](COc2ccnc(NC(=O)N3c4nc(C(=O)CCc5cccc(F)c5)ccc4N4CC[C@H]3C4)c2)O1.CC1(C)OC[C@H](COc2ccnc(NC(=O)N3c4nc(C(=O)O)ccc4N4CC[C@H]3C4)c2)O1.NCc1cccc(F)c1. The maximum Gasteiger partial charge on any atom is 0.354 e. The second kappa shape index (κ2) is 25.0. The molecule has 6 aliphatic heterocycles. The Labute approximate surface area is 477 Å². The topological polar surface area (TPSA) is 258 Å². The number of rotatable bonds is 14. The van der Waals surface area contributed by atoms with Gasteiger partial charge in [-0.05, 0) is 119 Å². The highest BCUT2D eigenvalue weighted by Gasteiger charge is 2.43. The molecule has 6 aromatic rings. The number of nitrogens with zero attached hydrogens (tertiary/aromatic N) is 8. The van der Waals surface area contributed by atoms with Gasteiger partial charge in [-0.25, -0.2) is 43.1 Å². The largest absolute Gasteiger partial charge is 0.491 e. The number of nitrogens with one attached hydrogen (secondary N) is 2. The highest BCUT2D eigenvalue weighted by atomic mass is 19.1. The Kier molecular flexibility index (Phi) is 17.4. The van der Waals surface area contributed by atoms with Crippen LogP contribution in [0.3, 0.4) is 0 Å². The van der Waals surface area contributed by atoms with Crippen molar-refractivity contribution in [2.24, 2.45) is 5.73 Å². The zero-order valence-electron chi connectivity index (χ0n) is 46.3. The zero-order chi connectivity index (χ0) is 58.4. The van der Waals surface area contributed by atoms with Gasteiger partial charge in [-0.3, -0.25) is 25.2 Å². The first kappa shape index (κ1) is 57.8. The first-order valence-corrected chi connectivity index (χ1v) is 27.3. The van der Waals surface area contributed by atoms with E-state index in [0.717, 1.165) is 48.4 Å². The molecule has 24 heteroatoms. The number of nitrogens with two attached hydrogens (primary N) is 1. The number of aromatic carboxylic acids is 1. The van der Waals surface area contributed by atoms with Crippen LogP contribution in [-0.4, -0.2) is 137 Å². The fraction of sp³-hybridized carbons (Fsp3) is 0.390. The van der Waals surface area contributed by atoms with E-state index in [-0.39, 0.29) is 65.5 Å². The molecule has 10 heterocycles. The molecular formula is C59H65F2N11O11. The molecule has 0 unspecified atom stereocenters. The van der Waals surface area contributed by atoms with Gasteiger partial charge in [-0.2, -0.15) is 0 Å². The summed E-state index contributed by atoms with van der Waals surface area (Å²) in [6.45, 7) is 12.2. The molecule has 4 atom stereocenters. The summed E-state index contributed by atoms with van der Waals surface area (Å²) in [4.78, 5) is 76.2. The van der Waals surface area contributed by atoms with Gasteiger partial charge in [0.15, 0.2) is 34.7 Å². The molecule has 0 radical (unpaired) electrons. The van der Waals surface area contributed by atoms with Gasteiger partial charge in [0, 0.05) is 63.7 Å². The minimum absolute atomic E-state index is 0.0880. The van der Waals surface area contributed by atoms with E-state index in [1.165, 1.54) is 35.2 Å². The number of carboxylic acid groups (broad SMARTS) is 1. The number of benzene rings is 2. The number of aromatic nitrogens is 4. The number of urea groups is 2. The molecule has 12 rings (SSSR count). The lowest BCUT2D eigenvalue weighted by Crippen LogP contribution is -2.48. The quantitative estimate of drug-likeness (QED) is 0.0749. The zero-order valence-corrected chi connectivity index (χ0v) is 46.3. The number of halogens is 2. The molecule has 83 heavy (non-hydrogen) atoms. The Morgan fingerprint density at radius 1 is 0.663 bits per heavy atom. The van der Waals surface area contributed by atoms with Gasteiger partial charge >= 0.3 is 18.0 Å². The number of hydrogen-bond acceptors (Lipinski definition) is 17. The molecule has 0 spiro atoms. The van der Waals surface area contributed by atoms with Gasteiger partial charge in [-0.1, -0.05) is 24.3 Å². The van der Waals surface area contributed by atoms with Crippen LogP contribution >= 0.6 is 0 Å². The van der Waals surface area contributed by atoms with E-state index in [4.69, 9.17) is 34.2 Å². The van der Waals surface area contributed by atoms with E-state index in [2.05, 4.69) is 40.4 Å². The monoisotopic (exact) mass is 1140 g/mol. The molecule has 0 saturated carbocycles. The second-order valence-corrected chi connectivity index (χ2v) is 21.4. The predicted octanol–water partition coefficient (Wildman–Crippen LogP) is 8.21. The van der Waals surface area contributed by atoms with Crippen LogP contribution in [0.5, 0.6) is 11.5 Å². The number of fused-ring (bicyclic) bond motifs is 8. The summed E-state index contributed by atoms with van der Waals surface area (Å²) in [5, 5.41) is 15.0. The molecule has 5 N–H and O–H groups in total. The van der Waals surface area contributed by atoms with Crippen LogP contribution in [0.15, 0.2) is 109 Å². The fourth-order valence-electron chi connectivity index (χ4n) is 10.5. The Morgan fingerprint density at radius 3 is 1.60 bits per heavy atom. The van der Waals surface area contributed by atoms with E-state index >= 15 is 0 Å². The molecule has 4 aromatic heterocycles. The number of carbonyl (C=O) groups excluding carboxylic acids is 3. The second-order valence-electron chi connectivity index (χ2n) is 21.4. The van der Waals surface area contributed by atoms with Crippen LogP contribution in [-0.2, 0) is 31.9 Å². The van der Waals surface area contributed by atoms with Gasteiger partial charge in [0.05, 0.1) is 36.7 Å². The minimum Gasteiger partial charge on any atom is -0.491 e. The van der Waals surface area contributed by atoms with Gasteiger partial charge < -0.3 is 49.1 Å². The molecular weight excluding hydrogens is 1080 g/mol. The maximum atomic E-state index is 13.6. The van der Waals surface area contributed by atoms with Crippen molar-refractivity contribution in [3.05, 3.63) is 144 Å². The normalized spacial score (nSPS) is 20.2. The number of amides is 4. The van der Waals surface area contributed by atoms with Crippen molar-refractivity contribution in [2.75, 3.05) is 82.8 Å². The summed E-state index contributed by atoms with van der Waals surface area (Å²) in [6, 6.07) is 24.9. The minimum atomic E-state index is -1.14. The molecule has 22 nitrogen and oxygen atoms in total. The number of hydrogen-bond donors (Lipinski definition) is 4. The Balaban J connectivity index is 0.000000164. The van der Waals surface area contributed by atoms with Crippen molar-refractivity contribution in [2.45, 2.75) is 95.8 Å². The molecule has 4 fully saturated rings. The molecule has 4 bridgehead atoms. The van der Waals surface area contributed by atoms with E-state index < -0.39 is 23.6 Å². The molecule has 0 aliphatic carbocycles. The molecule has 436 valence electrons. The van der Waals surface area contributed by atoms with Crippen LogP contribution in [0.4, 0.5) is 53.0 Å². The average Bonchev–Trinajstić information content (AvgIpc) is 2.57. The van der Waals surface area contributed by atoms with E-state index in [1.54, 1.807) is 78.0 Å². The Hall–Kier alpha value is -8.42. The maximum absolute atomic E-state index is 13.6. The van der Waals surface area contributed by atoms with Crippen molar-refractivity contribution in [1.29, 1.82) is 0 Å². The lowest BCUT2D eigenvalue weighted by atomic mass is 10.1. The highest BCUT2D eigenvalue weighted by Crippen LogP contribution is 2.41. The summed E-state index contributed by atoms with van der Waals surface area (Å²) >= 11 is 0. The van der Waals surface area contributed by atoms with E-state index in [1.807, 2.05) is 33.8 Å². The molecule has 6 aliphatic rings. The van der Waals surface area contributed by atoms with Crippen LogP contribution in [0.2, 0.25) is 0 Å². The van der Waals surface area contributed by atoms with Crippen LogP contribution in [0.1, 0.15) is 79.1 Å². The van der Waals surface area contributed by atoms with Crippen LogP contribution < -0.4 is 45.4 Å². The molecule has 4 amide bonds. The van der Waals surface area contributed by atoms with Crippen LogP contribution in [0.25, 0.3) is 0 Å². The smallest absolute Gasteiger partial charge is 0.354 e. The summed E-state index contributed by atoms with van der Waals surface area (Å²) in [5.74, 6) is -0.612. The lowest BCUT2D eigenvalue weighted by Gasteiger charge is -2.35. The molecule has 2 aromatic carbocycles. The van der Waals surface area contributed by atoms with Gasteiger partial charge in [0.2, 0.25) is 0 Å². The summed E-state index contributed by atoms with van der Waals surface area (Å²) in [7, 11) is 0. The van der Waals surface area contributed by atoms with E-state index in [9.17, 15) is 33.1 Å². The highest BCUT2D eigenvalue weighted by molar-refractivity contribution is 6.06. The first-order chi connectivity index (χ1) is 39.9. The number of aryl methyl sites for hydroxylation is 1. The third-order valence-corrected chi connectivity index (χ3v) is 14.4. The third-order valence-electron chi connectivity index (χ3n) is 14.4. The van der Waals surface area contributed by atoms with Crippen molar-refractivity contribution in [3.63, 3.8) is 0 Å². The number of Topliss-reactive ketones (excluding diaryl/α,β-unsaturated/α-hetero) is 1. The standard InChI is InChI=1S/C30H32FN5O5.C22H25N5O6.C7H8FN/c1-30(2)40-18-23(41-30)17-39-22-10-12-32-27(15-22)34-29(38)36-21-11-13-35(16-21)25-8-7-24(33-28(25)36)26(37)9-6-19-4-3-5-20(31)14-19;1-22(2)32-12-15(33-22)11-31-14-5-7-23-18(9-14)25-21(30)27-13-6-8-26(10-13)17-4-3-16(20(28)29)24-19(17)27;8-7-3-1-2-6(4-7)5-9/h3-5,7-8,10,12,14-15,21,23H,6,9,11,13,16-18H2,1-2H3,(H,32,34,38);3-5,7,9,13,15H,6,8,10-12H2,1-2H3,(H,28,29)(H,23,25,30);1-4H,5,9H2/t21-,23-;13-,15-;/m00./s1. The van der Waals surface area contributed by atoms with Gasteiger partial charge in [0.1, 0.15) is 65.9 Å². The fourth-order valence-corrected chi connectivity index (χ4v) is 10.5. The Morgan fingerprint density at radius 2 is 1.14 bits per heavy atom. The number of pyridine rings is 4.